The molecule has 1 fully saturated rings. The van der Waals surface area contributed by atoms with E-state index in [0.29, 0.717) is 6.54 Å². The lowest BCUT2D eigenvalue weighted by Crippen LogP contribution is -2.48. The summed E-state index contributed by atoms with van der Waals surface area (Å²) in [6, 6.07) is 8.17. The topological polar surface area (TPSA) is 48.5 Å². The molecule has 1 aromatic carbocycles. The lowest BCUT2D eigenvalue weighted by atomic mass is 10.1. The highest BCUT2D eigenvalue weighted by Crippen LogP contribution is 2.32. The highest BCUT2D eigenvalue weighted by Gasteiger charge is 2.20. The van der Waals surface area contributed by atoms with Crippen LogP contribution in [0.2, 0.25) is 0 Å². The number of fused-ring (bicyclic) bond motifs is 1. The molecule has 1 saturated heterocycles. The summed E-state index contributed by atoms with van der Waals surface area (Å²) in [6.07, 6.45) is 0. The number of nitrogens with one attached hydrogen (secondary N) is 1. The lowest BCUT2D eigenvalue weighted by molar-refractivity contribution is 0.0952. The molecule has 0 saturated carbocycles. The number of hydrogen-bond acceptors (Lipinski definition) is 6. The molecule has 1 N–H and O–H groups in total. The van der Waals surface area contributed by atoms with Gasteiger partial charge in [-0.25, -0.2) is 4.98 Å². The number of amides is 1. The fourth-order valence-electron chi connectivity index (χ4n) is 3.49. The first-order valence-corrected chi connectivity index (χ1v) is 11.0. The summed E-state index contributed by atoms with van der Waals surface area (Å²) in [5.74, 6) is 0.0313. The van der Waals surface area contributed by atoms with Crippen LogP contribution in [0, 0.1) is 13.8 Å². The van der Waals surface area contributed by atoms with Crippen LogP contribution in [0.5, 0.6) is 0 Å². The Morgan fingerprint density at radius 2 is 2.04 bits per heavy atom. The summed E-state index contributed by atoms with van der Waals surface area (Å²) in [4.78, 5) is 22.4. The Balaban J connectivity index is 1.29. The summed E-state index contributed by atoms with van der Waals surface area (Å²) < 4.78 is 1.30. The van der Waals surface area contributed by atoms with Crippen molar-refractivity contribution >= 4 is 43.9 Å². The van der Waals surface area contributed by atoms with Crippen molar-refractivity contribution in [2.24, 2.45) is 0 Å². The van der Waals surface area contributed by atoms with Crippen molar-refractivity contribution in [1.82, 2.24) is 15.2 Å². The molecule has 5 nitrogen and oxygen atoms in total. The van der Waals surface area contributed by atoms with E-state index < -0.39 is 0 Å². The van der Waals surface area contributed by atoms with Crippen LogP contribution in [0.25, 0.3) is 10.2 Å². The number of thiazole rings is 1. The number of benzene rings is 1. The van der Waals surface area contributed by atoms with Crippen LogP contribution in [0.3, 0.4) is 0 Å². The zero-order valence-electron chi connectivity index (χ0n) is 15.7. The third-order valence-corrected chi connectivity index (χ3v) is 7.05. The number of anilines is 1. The second-order valence-electron chi connectivity index (χ2n) is 6.99. The standard InChI is InChI=1S/C20H24N4OS2/c1-14-12-15(2)18-16(13-14)22-20(27-18)24-9-7-23(8-10-24)6-5-21-19(25)17-4-3-11-26-17/h3-4,11-13H,5-10H2,1-2H3,(H,21,25). The predicted molar refractivity (Wildman–Crippen MR) is 114 cm³/mol. The fourth-order valence-corrected chi connectivity index (χ4v) is 5.19. The lowest BCUT2D eigenvalue weighted by Gasteiger charge is -2.34. The van der Waals surface area contributed by atoms with Crippen molar-refractivity contribution in [3.63, 3.8) is 0 Å². The number of hydrogen-bond donors (Lipinski definition) is 1. The summed E-state index contributed by atoms with van der Waals surface area (Å²) in [7, 11) is 0. The minimum absolute atomic E-state index is 0.0313. The van der Waals surface area contributed by atoms with Crippen LogP contribution < -0.4 is 10.2 Å². The molecular formula is C20H24N4OS2. The van der Waals surface area contributed by atoms with Crippen LogP contribution in [0.4, 0.5) is 5.13 Å². The molecule has 3 heterocycles. The average Bonchev–Trinajstić information content (AvgIpc) is 3.32. The minimum Gasteiger partial charge on any atom is -0.350 e. The molecule has 27 heavy (non-hydrogen) atoms. The van der Waals surface area contributed by atoms with Gasteiger partial charge in [-0.2, -0.15) is 0 Å². The molecule has 4 rings (SSSR count). The van der Waals surface area contributed by atoms with Gasteiger partial charge in [-0.3, -0.25) is 9.69 Å². The van der Waals surface area contributed by atoms with E-state index in [1.807, 2.05) is 17.5 Å². The van der Waals surface area contributed by atoms with Crippen molar-refractivity contribution < 1.29 is 4.79 Å². The summed E-state index contributed by atoms with van der Waals surface area (Å²) in [6.45, 7) is 9.85. The number of rotatable bonds is 5. The average molecular weight is 401 g/mol. The summed E-state index contributed by atoms with van der Waals surface area (Å²) in [5.41, 5.74) is 3.70. The number of carbonyl (C=O) groups excluding carboxylic acids is 1. The first kappa shape index (κ1) is 18.4. The molecular weight excluding hydrogens is 376 g/mol. The van der Waals surface area contributed by atoms with E-state index in [0.717, 1.165) is 48.2 Å². The Hall–Kier alpha value is -1.96. The second-order valence-corrected chi connectivity index (χ2v) is 8.91. The third-order valence-electron chi connectivity index (χ3n) is 4.91. The van der Waals surface area contributed by atoms with E-state index in [9.17, 15) is 4.79 Å². The zero-order valence-corrected chi connectivity index (χ0v) is 17.3. The predicted octanol–water partition coefficient (Wildman–Crippen LogP) is 3.53. The molecule has 1 aliphatic heterocycles. The Bertz CT molecular complexity index is 927. The molecule has 2 aromatic heterocycles. The molecule has 0 spiro atoms. The van der Waals surface area contributed by atoms with Gasteiger partial charge in [0, 0.05) is 39.3 Å². The molecule has 1 aliphatic rings. The van der Waals surface area contributed by atoms with Gasteiger partial charge in [-0.15, -0.1) is 11.3 Å². The van der Waals surface area contributed by atoms with E-state index in [2.05, 4.69) is 41.1 Å². The Labute approximate surface area is 167 Å². The maximum atomic E-state index is 12.0. The largest absolute Gasteiger partial charge is 0.350 e. The van der Waals surface area contributed by atoms with Crippen LogP contribution in [0.1, 0.15) is 20.8 Å². The van der Waals surface area contributed by atoms with Gasteiger partial charge >= 0.3 is 0 Å². The number of carbonyl (C=O) groups is 1. The normalized spacial score (nSPS) is 15.4. The highest BCUT2D eigenvalue weighted by atomic mass is 32.1. The van der Waals surface area contributed by atoms with Crippen molar-refractivity contribution in [3.8, 4) is 0 Å². The summed E-state index contributed by atoms with van der Waals surface area (Å²) >= 11 is 3.28. The molecule has 7 heteroatoms. The third kappa shape index (κ3) is 4.15. The van der Waals surface area contributed by atoms with Gasteiger partial charge in [0.1, 0.15) is 0 Å². The van der Waals surface area contributed by atoms with Crippen LogP contribution >= 0.6 is 22.7 Å². The first-order valence-electron chi connectivity index (χ1n) is 9.27. The Morgan fingerprint density at radius 3 is 2.78 bits per heavy atom. The van der Waals surface area contributed by atoms with Crippen LogP contribution in [0.15, 0.2) is 29.6 Å². The van der Waals surface area contributed by atoms with E-state index >= 15 is 0 Å². The first-order chi connectivity index (χ1) is 13.1. The van der Waals surface area contributed by atoms with Crippen molar-refractivity contribution in [2.45, 2.75) is 13.8 Å². The number of nitrogens with zero attached hydrogens (tertiary/aromatic N) is 3. The van der Waals surface area contributed by atoms with Crippen molar-refractivity contribution in [3.05, 3.63) is 45.6 Å². The number of aromatic nitrogens is 1. The maximum Gasteiger partial charge on any atom is 0.261 e. The van der Waals surface area contributed by atoms with Gasteiger partial charge in [0.25, 0.3) is 5.91 Å². The molecule has 0 aliphatic carbocycles. The quantitative estimate of drug-likeness (QED) is 0.712. The molecule has 3 aromatic rings. The minimum atomic E-state index is 0.0313. The Kier molecular flexibility index (Phi) is 5.43. The zero-order chi connectivity index (χ0) is 18.8. The van der Waals surface area contributed by atoms with E-state index in [1.165, 1.54) is 27.2 Å². The van der Waals surface area contributed by atoms with Gasteiger partial charge in [0.05, 0.1) is 15.1 Å². The fraction of sp³-hybridized carbons (Fsp3) is 0.400. The Morgan fingerprint density at radius 1 is 1.22 bits per heavy atom. The van der Waals surface area contributed by atoms with Crippen LogP contribution in [-0.2, 0) is 0 Å². The summed E-state index contributed by atoms with van der Waals surface area (Å²) in [5, 5.41) is 6.07. The van der Waals surface area contributed by atoms with Gasteiger partial charge < -0.3 is 10.2 Å². The smallest absolute Gasteiger partial charge is 0.261 e. The van der Waals surface area contributed by atoms with Gasteiger partial charge in [-0.05, 0) is 42.5 Å². The van der Waals surface area contributed by atoms with Crippen LogP contribution in [-0.4, -0.2) is 55.1 Å². The molecule has 0 radical (unpaired) electrons. The number of thiophene rings is 1. The highest BCUT2D eigenvalue weighted by molar-refractivity contribution is 7.22. The number of piperazine rings is 1. The molecule has 1 amide bonds. The maximum absolute atomic E-state index is 12.0. The van der Waals surface area contributed by atoms with Gasteiger partial charge in [0.2, 0.25) is 0 Å². The number of aryl methyl sites for hydroxylation is 2. The van der Waals surface area contributed by atoms with Crippen molar-refractivity contribution in [1.29, 1.82) is 0 Å². The van der Waals surface area contributed by atoms with E-state index in [-0.39, 0.29) is 5.91 Å². The molecule has 0 bridgehead atoms. The van der Waals surface area contributed by atoms with Crippen molar-refractivity contribution in [2.75, 3.05) is 44.2 Å². The van der Waals surface area contributed by atoms with Gasteiger partial charge in [0.15, 0.2) is 5.13 Å². The molecule has 0 atom stereocenters. The van der Waals surface area contributed by atoms with E-state index in [4.69, 9.17) is 4.98 Å². The monoisotopic (exact) mass is 400 g/mol. The second kappa shape index (κ2) is 7.96. The molecule has 0 unspecified atom stereocenters. The van der Waals surface area contributed by atoms with E-state index in [1.54, 1.807) is 11.3 Å². The molecule has 142 valence electrons. The SMILES string of the molecule is Cc1cc(C)c2sc(N3CCN(CCNC(=O)c4cccs4)CC3)nc2c1. The van der Waals surface area contributed by atoms with Gasteiger partial charge in [-0.1, -0.05) is 23.5 Å².